The van der Waals surface area contributed by atoms with Crippen LogP contribution >= 0.6 is 0 Å². The minimum Gasteiger partial charge on any atom is -0.336 e. The molecule has 2 aromatic heterocycles. The van der Waals surface area contributed by atoms with E-state index in [4.69, 9.17) is 0 Å². The molecule has 0 amide bonds. The molecule has 3 unspecified atom stereocenters. The first-order valence-electron chi connectivity index (χ1n) is 6.71. The van der Waals surface area contributed by atoms with E-state index in [1.54, 1.807) is 6.07 Å². The molecule has 0 aliphatic carbocycles. The lowest BCUT2D eigenvalue weighted by atomic mass is 9.95. The van der Waals surface area contributed by atoms with Gasteiger partial charge in [0.2, 0.25) is 5.95 Å². The lowest BCUT2D eigenvalue weighted by Crippen LogP contribution is -2.33. The molecule has 2 aliphatic heterocycles. The summed E-state index contributed by atoms with van der Waals surface area (Å²) in [6, 6.07) is 3.51. The fourth-order valence-corrected chi connectivity index (χ4v) is 3.40. The monoisotopic (exact) mass is 261 g/mol. The van der Waals surface area contributed by atoms with Gasteiger partial charge in [-0.25, -0.2) is 8.91 Å². The smallest absolute Gasteiger partial charge is 0.245 e. The maximum absolute atomic E-state index is 13.2. The van der Waals surface area contributed by atoms with Gasteiger partial charge in [-0.3, -0.25) is 0 Å². The largest absolute Gasteiger partial charge is 0.336 e. The molecule has 4 heterocycles. The van der Waals surface area contributed by atoms with Crippen LogP contribution in [0.1, 0.15) is 6.92 Å². The summed E-state index contributed by atoms with van der Waals surface area (Å²) in [5.41, 5.74) is 0.693. The predicted octanol–water partition coefficient (Wildman–Crippen LogP) is 0.912. The van der Waals surface area contributed by atoms with Crippen LogP contribution in [-0.4, -0.2) is 40.3 Å². The van der Waals surface area contributed by atoms with Crippen molar-refractivity contribution in [2.75, 3.05) is 24.5 Å². The molecule has 3 atom stereocenters. The van der Waals surface area contributed by atoms with Crippen molar-refractivity contribution in [3.8, 4) is 0 Å². The second-order valence-electron chi connectivity index (χ2n) is 5.54. The van der Waals surface area contributed by atoms with Gasteiger partial charge in [-0.1, -0.05) is 0 Å². The number of nitrogens with zero attached hydrogens (tertiary/aromatic N) is 4. The third-order valence-corrected chi connectivity index (χ3v) is 4.48. The fourth-order valence-electron chi connectivity index (χ4n) is 3.40. The molecule has 0 bridgehead atoms. The van der Waals surface area contributed by atoms with Gasteiger partial charge in [0, 0.05) is 25.7 Å². The molecular formula is C13H16FN5. The lowest BCUT2D eigenvalue weighted by molar-refractivity contribution is 0.471. The second kappa shape index (κ2) is 3.90. The zero-order valence-corrected chi connectivity index (χ0v) is 10.8. The van der Waals surface area contributed by atoms with Crippen molar-refractivity contribution >= 4 is 11.6 Å². The van der Waals surface area contributed by atoms with E-state index in [2.05, 4.69) is 27.2 Å². The first-order chi connectivity index (χ1) is 9.22. The molecule has 2 saturated heterocycles. The Morgan fingerprint density at radius 3 is 3.11 bits per heavy atom. The van der Waals surface area contributed by atoms with Gasteiger partial charge < -0.3 is 10.2 Å². The Morgan fingerprint density at radius 2 is 2.26 bits per heavy atom. The first-order valence-corrected chi connectivity index (χ1v) is 6.71. The zero-order valence-electron chi connectivity index (χ0n) is 10.8. The van der Waals surface area contributed by atoms with Crippen molar-refractivity contribution in [2.24, 2.45) is 11.8 Å². The highest BCUT2D eigenvalue weighted by Gasteiger charge is 2.43. The van der Waals surface area contributed by atoms with E-state index in [0.29, 0.717) is 29.5 Å². The number of halogens is 1. The summed E-state index contributed by atoms with van der Waals surface area (Å²) in [5.74, 6) is 1.77. The minimum atomic E-state index is -0.292. The molecule has 0 spiro atoms. The average molecular weight is 261 g/mol. The lowest BCUT2D eigenvalue weighted by Gasteiger charge is -2.22. The van der Waals surface area contributed by atoms with Crippen LogP contribution in [-0.2, 0) is 0 Å². The van der Waals surface area contributed by atoms with Crippen LogP contribution in [0.25, 0.3) is 5.65 Å². The van der Waals surface area contributed by atoms with Crippen LogP contribution in [0.15, 0.2) is 18.3 Å². The molecule has 2 aliphatic rings. The van der Waals surface area contributed by atoms with Crippen LogP contribution in [0, 0.1) is 17.7 Å². The Bertz CT molecular complexity index is 625. The normalized spacial score (nSPS) is 30.2. The first kappa shape index (κ1) is 11.2. The molecule has 1 N–H and O–H groups in total. The molecule has 19 heavy (non-hydrogen) atoms. The second-order valence-corrected chi connectivity index (χ2v) is 5.54. The van der Waals surface area contributed by atoms with Crippen molar-refractivity contribution in [2.45, 2.75) is 13.0 Å². The summed E-state index contributed by atoms with van der Waals surface area (Å²) in [7, 11) is 0. The summed E-state index contributed by atoms with van der Waals surface area (Å²) < 4.78 is 14.7. The van der Waals surface area contributed by atoms with Crippen molar-refractivity contribution in [1.29, 1.82) is 0 Å². The Kier molecular flexibility index (Phi) is 2.29. The van der Waals surface area contributed by atoms with Crippen molar-refractivity contribution in [1.82, 2.24) is 19.9 Å². The summed E-state index contributed by atoms with van der Waals surface area (Å²) in [4.78, 5) is 6.76. The summed E-state index contributed by atoms with van der Waals surface area (Å²) in [6.07, 6.45) is 1.37. The molecule has 0 radical (unpaired) electrons. The quantitative estimate of drug-likeness (QED) is 0.829. The number of hydrogen-bond acceptors (Lipinski definition) is 4. The summed E-state index contributed by atoms with van der Waals surface area (Å²) in [6.45, 7) is 5.36. The maximum Gasteiger partial charge on any atom is 0.245 e. The number of rotatable bonds is 1. The van der Waals surface area contributed by atoms with Crippen LogP contribution in [0.3, 0.4) is 0 Å². The standard InChI is InChI=1S/C13H16FN5/c1-8-11-5-15-4-9(11)6-18(8)13-16-12-3-2-10(14)7-19(12)17-13/h2-3,7-9,11,15H,4-6H2,1H3. The van der Waals surface area contributed by atoms with Gasteiger partial charge in [-0.2, -0.15) is 4.98 Å². The Hall–Kier alpha value is -1.69. The van der Waals surface area contributed by atoms with Gasteiger partial charge >= 0.3 is 0 Å². The molecule has 0 saturated carbocycles. The summed E-state index contributed by atoms with van der Waals surface area (Å²) >= 11 is 0. The van der Waals surface area contributed by atoms with Crippen LogP contribution in [0.5, 0.6) is 0 Å². The number of pyridine rings is 1. The fraction of sp³-hybridized carbons (Fsp3) is 0.538. The van der Waals surface area contributed by atoms with Crippen LogP contribution in [0.4, 0.5) is 10.3 Å². The van der Waals surface area contributed by atoms with Crippen molar-refractivity contribution < 1.29 is 4.39 Å². The van der Waals surface area contributed by atoms with E-state index in [0.717, 1.165) is 19.6 Å². The summed E-state index contributed by atoms with van der Waals surface area (Å²) in [5, 5.41) is 7.84. The average Bonchev–Trinajstić information content (AvgIpc) is 3.04. The maximum atomic E-state index is 13.2. The van der Waals surface area contributed by atoms with Crippen molar-refractivity contribution in [3.05, 3.63) is 24.1 Å². The van der Waals surface area contributed by atoms with Gasteiger partial charge in [0.15, 0.2) is 5.65 Å². The third-order valence-electron chi connectivity index (χ3n) is 4.48. The van der Waals surface area contributed by atoms with E-state index in [-0.39, 0.29) is 5.82 Å². The van der Waals surface area contributed by atoms with Gasteiger partial charge in [0.25, 0.3) is 0 Å². The SMILES string of the molecule is CC1C2CNCC2CN1c1nc2ccc(F)cn2n1. The molecule has 100 valence electrons. The number of aromatic nitrogens is 3. The molecule has 0 aromatic carbocycles. The minimum absolute atomic E-state index is 0.292. The Labute approximate surface area is 110 Å². The molecule has 5 nitrogen and oxygen atoms in total. The third kappa shape index (κ3) is 1.63. The highest BCUT2D eigenvalue weighted by Crippen LogP contribution is 2.34. The Balaban J connectivity index is 1.71. The zero-order chi connectivity index (χ0) is 13.0. The van der Waals surface area contributed by atoms with E-state index in [1.807, 2.05) is 0 Å². The van der Waals surface area contributed by atoms with Crippen molar-refractivity contribution in [3.63, 3.8) is 0 Å². The highest BCUT2D eigenvalue weighted by atomic mass is 19.1. The number of fused-ring (bicyclic) bond motifs is 2. The highest BCUT2D eigenvalue weighted by molar-refractivity contribution is 5.46. The van der Waals surface area contributed by atoms with Crippen LogP contribution in [0.2, 0.25) is 0 Å². The van der Waals surface area contributed by atoms with Crippen LogP contribution < -0.4 is 10.2 Å². The molecular weight excluding hydrogens is 245 g/mol. The number of nitrogens with one attached hydrogen (secondary N) is 1. The van der Waals surface area contributed by atoms with E-state index >= 15 is 0 Å². The Morgan fingerprint density at radius 1 is 1.37 bits per heavy atom. The predicted molar refractivity (Wildman–Crippen MR) is 69.6 cm³/mol. The molecule has 2 aromatic rings. The van der Waals surface area contributed by atoms with E-state index < -0.39 is 0 Å². The van der Waals surface area contributed by atoms with Gasteiger partial charge in [-0.05, 0) is 30.9 Å². The molecule has 2 fully saturated rings. The number of anilines is 1. The van der Waals surface area contributed by atoms with Gasteiger partial charge in [0.05, 0.1) is 6.20 Å². The topological polar surface area (TPSA) is 45.5 Å². The molecule has 4 rings (SSSR count). The number of hydrogen-bond donors (Lipinski definition) is 1. The molecule has 6 heteroatoms. The van der Waals surface area contributed by atoms with E-state index in [1.165, 1.54) is 16.8 Å². The van der Waals surface area contributed by atoms with Gasteiger partial charge in [0.1, 0.15) is 5.82 Å². The van der Waals surface area contributed by atoms with Gasteiger partial charge in [-0.15, -0.1) is 5.10 Å². The van der Waals surface area contributed by atoms with E-state index in [9.17, 15) is 4.39 Å².